The Morgan fingerprint density at radius 1 is 1.38 bits per heavy atom. The van der Waals surface area contributed by atoms with Crippen LogP contribution < -0.4 is 4.74 Å². The summed E-state index contributed by atoms with van der Waals surface area (Å²) in [6, 6.07) is 7.87. The van der Waals surface area contributed by atoms with E-state index >= 15 is 0 Å². The third kappa shape index (κ3) is 5.08. The van der Waals surface area contributed by atoms with Crippen LogP contribution in [0.25, 0.3) is 0 Å². The number of hydrogen-bond donors (Lipinski definition) is 1. The first kappa shape index (κ1) is 18.5. The van der Waals surface area contributed by atoms with Gasteiger partial charge >= 0.3 is 5.97 Å². The summed E-state index contributed by atoms with van der Waals surface area (Å²) in [5.74, 6) is -0.470. The Kier molecular flexibility index (Phi) is 6.40. The van der Waals surface area contributed by atoms with Gasteiger partial charge in [0.25, 0.3) is 0 Å². The van der Waals surface area contributed by atoms with Gasteiger partial charge in [0.2, 0.25) is 0 Å². The van der Waals surface area contributed by atoms with E-state index in [0.717, 1.165) is 17.7 Å². The SMILES string of the molecule is COc1ccccc1C1OC(C)(C)OCC1C/C=C\CCC(=O)O. The van der Waals surface area contributed by atoms with Gasteiger partial charge in [-0.2, -0.15) is 0 Å². The summed E-state index contributed by atoms with van der Waals surface area (Å²) in [5.41, 5.74) is 1.01. The first-order valence-electron chi connectivity index (χ1n) is 8.24. The number of carboxylic acids is 1. The summed E-state index contributed by atoms with van der Waals surface area (Å²) < 4.78 is 17.5. The van der Waals surface area contributed by atoms with Crippen molar-refractivity contribution in [2.45, 2.75) is 45.0 Å². The van der Waals surface area contributed by atoms with E-state index in [1.165, 1.54) is 0 Å². The quantitative estimate of drug-likeness (QED) is 0.765. The van der Waals surface area contributed by atoms with Crippen molar-refractivity contribution < 1.29 is 24.1 Å². The van der Waals surface area contributed by atoms with Crippen LogP contribution in [0, 0.1) is 5.92 Å². The van der Waals surface area contributed by atoms with Crippen molar-refractivity contribution in [1.82, 2.24) is 0 Å². The summed E-state index contributed by atoms with van der Waals surface area (Å²) in [7, 11) is 1.66. The van der Waals surface area contributed by atoms with Gasteiger partial charge in [-0.1, -0.05) is 30.4 Å². The number of carbonyl (C=O) groups is 1. The Morgan fingerprint density at radius 2 is 2.12 bits per heavy atom. The molecule has 1 fully saturated rings. The van der Waals surface area contributed by atoms with E-state index in [9.17, 15) is 4.79 Å². The van der Waals surface area contributed by atoms with E-state index in [4.69, 9.17) is 19.3 Å². The Morgan fingerprint density at radius 3 is 2.83 bits per heavy atom. The van der Waals surface area contributed by atoms with Gasteiger partial charge in [-0.3, -0.25) is 4.79 Å². The Balaban J connectivity index is 2.11. The van der Waals surface area contributed by atoms with Crippen LogP contribution >= 0.6 is 0 Å². The molecule has 0 spiro atoms. The van der Waals surface area contributed by atoms with Crippen molar-refractivity contribution >= 4 is 5.97 Å². The van der Waals surface area contributed by atoms with Gasteiger partial charge in [-0.25, -0.2) is 0 Å². The molecule has 1 saturated heterocycles. The zero-order valence-corrected chi connectivity index (χ0v) is 14.5. The van der Waals surface area contributed by atoms with Gasteiger partial charge in [0, 0.05) is 17.9 Å². The standard InChI is InChI=1S/C19H26O5/c1-19(2)23-13-14(9-5-4-6-12-17(20)21)18(24-19)15-10-7-8-11-16(15)22-3/h4-5,7-8,10-11,14,18H,6,9,12-13H2,1-3H3,(H,20,21)/b5-4-. The second kappa shape index (κ2) is 8.31. The summed E-state index contributed by atoms with van der Waals surface area (Å²) in [6.45, 7) is 4.40. The minimum atomic E-state index is -0.780. The van der Waals surface area contributed by atoms with Crippen molar-refractivity contribution in [3.05, 3.63) is 42.0 Å². The highest BCUT2D eigenvalue weighted by Crippen LogP contribution is 2.41. The van der Waals surface area contributed by atoms with Gasteiger partial charge in [0.1, 0.15) is 5.75 Å². The van der Waals surface area contributed by atoms with Crippen LogP contribution in [0.5, 0.6) is 5.75 Å². The maximum absolute atomic E-state index is 10.6. The van der Waals surface area contributed by atoms with E-state index in [-0.39, 0.29) is 18.4 Å². The number of para-hydroxylation sites is 1. The lowest BCUT2D eigenvalue weighted by Gasteiger charge is -2.41. The number of methoxy groups -OCH3 is 1. The first-order valence-corrected chi connectivity index (χ1v) is 8.24. The van der Waals surface area contributed by atoms with Crippen LogP contribution in [0.3, 0.4) is 0 Å². The van der Waals surface area contributed by atoms with Crippen LogP contribution in [-0.2, 0) is 14.3 Å². The van der Waals surface area contributed by atoms with Crippen LogP contribution in [0.2, 0.25) is 0 Å². The summed E-state index contributed by atoms with van der Waals surface area (Å²) >= 11 is 0. The maximum Gasteiger partial charge on any atom is 0.303 e. The molecular formula is C19H26O5. The number of benzene rings is 1. The third-order valence-electron chi connectivity index (χ3n) is 4.06. The highest BCUT2D eigenvalue weighted by molar-refractivity contribution is 5.66. The smallest absolute Gasteiger partial charge is 0.303 e. The number of carboxylic acid groups (broad SMARTS) is 1. The second-order valence-corrected chi connectivity index (χ2v) is 6.39. The molecule has 1 aromatic carbocycles. The minimum Gasteiger partial charge on any atom is -0.496 e. The molecule has 5 heteroatoms. The molecule has 2 atom stereocenters. The second-order valence-electron chi connectivity index (χ2n) is 6.39. The summed E-state index contributed by atoms with van der Waals surface area (Å²) in [6.07, 6.45) is 5.24. The predicted molar refractivity (Wildman–Crippen MR) is 91.0 cm³/mol. The van der Waals surface area contributed by atoms with Crippen LogP contribution in [0.15, 0.2) is 36.4 Å². The average Bonchev–Trinajstić information content (AvgIpc) is 2.55. The van der Waals surface area contributed by atoms with E-state index in [0.29, 0.717) is 13.0 Å². The number of aliphatic carboxylic acids is 1. The fourth-order valence-corrected chi connectivity index (χ4v) is 2.84. The van der Waals surface area contributed by atoms with Crippen molar-refractivity contribution in [3.63, 3.8) is 0 Å². The normalized spacial score (nSPS) is 23.3. The fourth-order valence-electron chi connectivity index (χ4n) is 2.84. The van der Waals surface area contributed by atoms with Gasteiger partial charge in [-0.05, 0) is 32.8 Å². The minimum absolute atomic E-state index is 0.131. The molecule has 1 N–H and O–H groups in total. The van der Waals surface area contributed by atoms with Gasteiger partial charge in [0.05, 0.1) is 19.8 Å². The molecule has 0 aliphatic carbocycles. The Hall–Kier alpha value is -1.85. The molecule has 1 aliphatic heterocycles. The molecule has 24 heavy (non-hydrogen) atoms. The van der Waals surface area contributed by atoms with Gasteiger partial charge in [0.15, 0.2) is 5.79 Å². The molecule has 132 valence electrons. The molecule has 5 nitrogen and oxygen atoms in total. The lowest BCUT2D eigenvalue weighted by atomic mass is 9.91. The monoisotopic (exact) mass is 334 g/mol. The zero-order chi connectivity index (χ0) is 17.6. The molecule has 1 heterocycles. The van der Waals surface area contributed by atoms with Gasteiger partial charge in [-0.15, -0.1) is 0 Å². The van der Waals surface area contributed by atoms with Crippen molar-refractivity contribution in [2.75, 3.05) is 13.7 Å². The van der Waals surface area contributed by atoms with E-state index < -0.39 is 11.8 Å². The third-order valence-corrected chi connectivity index (χ3v) is 4.06. The van der Waals surface area contributed by atoms with E-state index in [1.807, 2.05) is 50.3 Å². The lowest BCUT2D eigenvalue weighted by Crippen LogP contribution is -2.41. The largest absolute Gasteiger partial charge is 0.496 e. The summed E-state index contributed by atoms with van der Waals surface area (Å²) in [4.78, 5) is 10.6. The summed E-state index contributed by atoms with van der Waals surface area (Å²) in [5, 5.41) is 8.68. The molecule has 0 amide bonds. The first-order chi connectivity index (χ1) is 11.4. The Bertz CT molecular complexity index is 579. The number of hydrogen-bond acceptors (Lipinski definition) is 4. The van der Waals surface area contributed by atoms with Gasteiger partial charge < -0.3 is 19.3 Å². The van der Waals surface area contributed by atoms with Crippen molar-refractivity contribution in [1.29, 1.82) is 0 Å². The molecule has 1 aromatic rings. The highest BCUT2D eigenvalue weighted by Gasteiger charge is 2.37. The molecule has 0 radical (unpaired) electrons. The lowest BCUT2D eigenvalue weighted by molar-refractivity contribution is -0.295. The fraction of sp³-hybridized carbons (Fsp3) is 0.526. The molecule has 0 bridgehead atoms. The highest BCUT2D eigenvalue weighted by atomic mass is 16.7. The van der Waals surface area contributed by atoms with Crippen LogP contribution in [0.4, 0.5) is 0 Å². The Labute approximate surface area is 143 Å². The van der Waals surface area contributed by atoms with Crippen LogP contribution in [-0.4, -0.2) is 30.6 Å². The zero-order valence-electron chi connectivity index (χ0n) is 14.5. The topological polar surface area (TPSA) is 65.0 Å². The molecule has 1 aliphatic rings. The number of rotatable bonds is 7. The molecular weight excluding hydrogens is 308 g/mol. The molecule has 2 rings (SSSR count). The van der Waals surface area contributed by atoms with E-state index in [1.54, 1.807) is 7.11 Å². The van der Waals surface area contributed by atoms with Crippen LogP contribution in [0.1, 0.15) is 44.8 Å². The van der Waals surface area contributed by atoms with Crippen molar-refractivity contribution in [2.24, 2.45) is 5.92 Å². The number of allylic oxidation sites excluding steroid dienone is 2. The molecule has 2 unspecified atom stereocenters. The number of ether oxygens (including phenoxy) is 3. The molecule has 0 aromatic heterocycles. The predicted octanol–water partition coefficient (Wildman–Crippen LogP) is 3.95. The van der Waals surface area contributed by atoms with E-state index in [2.05, 4.69) is 0 Å². The van der Waals surface area contributed by atoms with Crippen molar-refractivity contribution in [3.8, 4) is 5.75 Å². The molecule has 0 saturated carbocycles. The maximum atomic E-state index is 10.6. The average molecular weight is 334 g/mol.